The Labute approximate surface area is 123 Å². The Bertz CT molecular complexity index is 416. The summed E-state index contributed by atoms with van der Waals surface area (Å²) in [6, 6.07) is 10.2. The maximum Gasteiger partial charge on any atom is 0.0377 e. The monoisotopic (exact) mass is 272 g/mol. The van der Waals surface area contributed by atoms with Gasteiger partial charge in [0, 0.05) is 32.2 Å². The average molecular weight is 272 g/mol. The van der Waals surface area contributed by atoms with Crippen LogP contribution in [0.1, 0.15) is 56.2 Å². The lowest BCUT2D eigenvalue weighted by Crippen LogP contribution is -2.45. The number of nitrogens with one attached hydrogen (secondary N) is 1. The van der Waals surface area contributed by atoms with Crippen molar-refractivity contribution in [2.24, 2.45) is 5.92 Å². The molecule has 1 aromatic carbocycles. The van der Waals surface area contributed by atoms with Gasteiger partial charge in [-0.25, -0.2) is 0 Å². The Morgan fingerprint density at radius 3 is 2.25 bits per heavy atom. The molecule has 110 valence electrons. The van der Waals surface area contributed by atoms with Gasteiger partial charge in [-0.1, -0.05) is 38.1 Å². The van der Waals surface area contributed by atoms with E-state index in [4.69, 9.17) is 0 Å². The number of rotatable bonds is 5. The molecule has 0 aromatic heterocycles. The summed E-state index contributed by atoms with van der Waals surface area (Å²) in [5.74, 6) is 1.59. The predicted octanol–water partition coefficient (Wildman–Crippen LogP) is 3.56. The summed E-state index contributed by atoms with van der Waals surface area (Å²) in [5, 5.41) is 3.47. The van der Waals surface area contributed by atoms with E-state index in [-0.39, 0.29) is 0 Å². The van der Waals surface area contributed by atoms with Crippen LogP contribution in [0.3, 0.4) is 0 Å². The van der Waals surface area contributed by atoms with Crippen molar-refractivity contribution in [3.05, 3.63) is 35.4 Å². The van der Waals surface area contributed by atoms with Crippen molar-refractivity contribution in [3.63, 3.8) is 0 Å². The molecule has 1 aliphatic carbocycles. The van der Waals surface area contributed by atoms with Crippen molar-refractivity contribution in [3.8, 4) is 0 Å². The Kier molecular flexibility index (Phi) is 4.42. The molecule has 2 aliphatic rings. The molecule has 2 unspecified atom stereocenters. The maximum atomic E-state index is 3.47. The lowest BCUT2D eigenvalue weighted by atomic mass is 9.94. The minimum atomic E-state index is 0.670. The standard InChI is InChI=1S/C18H28N2/c1-3-14(2)15-4-6-16(7-5-15)18(17-8-9-17)20-12-10-19-11-13-20/h4-7,14,17-19H,3,8-13H2,1-2H3. The second kappa shape index (κ2) is 6.28. The Balaban J connectivity index is 1.77. The summed E-state index contributed by atoms with van der Waals surface area (Å²) in [7, 11) is 0. The molecule has 1 saturated carbocycles. The van der Waals surface area contributed by atoms with Gasteiger partial charge < -0.3 is 5.32 Å². The van der Waals surface area contributed by atoms with Gasteiger partial charge in [0.2, 0.25) is 0 Å². The van der Waals surface area contributed by atoms with Crippen molar-refractivity contribution < 1.29 is 0 Å². The molecule has 1 N–H and O–H groups in total. The van der Waals surface area contributed by atoms with Crippen molar-refractivity contribution >= 4 is 0 Å². The van der Waals surface area contributed by atoms with E-state index in [9.17, 15) is 0 Å². The summed E-state index contributed by atoms with van der Waals surface area (Å²) in [6.07, 6.45) is 4.06. The highest BCUT2D eigenvalue weighted by atomic mass is 15.2. The number of piperazine rings is 1. The van der Waals surface area contributed by atoms with Crippen molar-refractivity contribution in [1.82, 2.24) is 10.2 Å². The first kappa shape index (κ1) is 14.1. The van der Waals surface area contributed by atoms with E-state index >= 15 is 0 Å². The second-order valence-corrected chi connectivity index (χ2v) is 6.54. The molecule has 2 heteroatoms. The molecule has 0 bridgehead atoms. The second-order valence-electron chi connectivity index (χ2n) is 6.54. The summed E-state index contributed by atoms with van der Waals surface area (Å²) >= 11 is 0. The van der Waals surface area contributed by atoms with Crippen LogP contribution < -0.4 is 5.32 Å². The van der Waals surface area contributed by atoms with E-state index in [1.54, 1.807) is 5.56 Å². The van der Waals surface area contributed by atoms with Crippen LogP contribution in [0.2, 0.25) is 0 Å². The van der Waals surface area contributed by atoms with Gasteiger partial charge in [-0.05, 0) is 42.2 Å². The van der Waals surface area contributed by atoms with Crippen molar-refractivity contribution in [2.45, 2.75) is 45.1 Å². The zero-order chi connectivity index (χ0) is 13.9. The minimum absolute atomic E-state index is 0.670. The van der Waals surface area contributed by atoms with Crippen LogP contribution in [-0.4, -0.2) is 31.1 Å². The first-order valence-electron chi connectivity index (χ1n) is 8.34. The molecule has 2 atom stereocenters. The summed E-state index contributed by atoms with van der Waals surface area (Å²) in [6.45, 7) is 9.29. The quantitative estimate of drug-likeness (QED) is 0.881. The fourth-order valence-electron chi connectivity index (χ4n) is 3.41. The van der Waals surface area contributed by atoms with Crippen LogP contribution in [-0.2, 0) is 0 Å². The molecule has 2 fully saturated rings. The van der Waals surface area contributed by atoms with E-state index in [0.717, 1.165) is 19.0 Å². The Morgan fingerprint density at radius 1 is 1.10 bits per heavy atom. The van der Waals surface area contributed by atoms with Gasteiger partial charge in [0.25, 0.3) is 0 Å². The average Bonchev–Trinajstić information content (AvgIpc) is 3.33. The van der Waals surface area contributed by atoms with Gasteiger partial charge in [-0.15, -0.1) is 0 Å². The molecular formula is C18H28N2. The van der Waals surface area contributed by atoms with Crippen molar-refractivity contribution in [1.29, 1.82) is 0 Å². The first-order valence-corrected chi connectivity index (χ1v) is 8.34. The highest BCUT2D eigenvalue weighted by molar-refractivity contribution is 5.28. The largest absolute Gasteiger partial charge is 0.314 e. The minimum Gasteiger partial charge on any atom is -0.314 e. The highest BCUT2D eigenvalue weighted by Crippen LogP contribution is 2.44. The number of hydrogen-bond acceptors (Lipinski definition) is 2. The van der Waals surface area contributed by atoms with E-state index in [1.165, 1.54) is 37.9 Å². The lowest BCUT2D eigenvalue weighted by Gasteiger charge is -2.35. The zero-order valence-electron chi connectivity index (χ0n) is 12.9. The number of hydrogen-bond donors (Lipinski definition) is 1. The summed E-state index contributed by atoms with van der Waals surface area (Å²) < 4.78 is 0. The third-order valence-corrected chi connectivity index (χ3v) is 5.07. The fourth-order valence-corrected chi connectivity index (χ4v) is 3.41. The van der Waals surface area contributed by atoms with Crippen LogP contribution in [0.4, 0.5) is 0 Å². The van der Waals surface area contributed by atoms with Gasteiger partial charge in [0.15, 0.2) is 0 Å². The molecule has 0 radical (unpaired) electrons. The molecular weight excluding hydrogens is 244 g/mol. The van der Waals surface area contributed by atoms with Gasteiger partial charge >= 0.3 is 0 Å². The zero-order valence-corrected chi connectivity index (χ0v) is 12.9. The van der Waals surface area contributed by atoms with Crippen LogP contribution >= 0.6 is 0 Å². The third kappa shape index (κ3) is 3.07. The third-order valence-electron chi connectivity index (χ3n) is 5.07. The van der Waals surface area contributed by atoms with Crippen LogP contribution in [0.15, 0.2) is 24.3 Å². The Hall–Kier alpha value is -0.860. The molecule has 20 heavy (non-hydrogen) atoms. The normalized spacial score (nSPS) is 23.5. The molecule has 2 nitrogen and oxygen atoms in total. The maximum absolute atomic E-state index is 3.47. The number of benzene rings is 1. The molecule has 3 rings (SSSR count). The lowest BCUT2D eigenvalue weighted by molar-refractivity contribution is 0.156. The topological polar surface area (TPSA) is 15.3 Å². The van der Waals surface area contributed by atoms with Gasteiger partial charge in [-0.3, -0.25) is 4.90 Å². The Morgan fingerprint density at radius 2 is 1.70 bits per heavy atom. The highest BCUT2D eigenvalue weighted by Gasteiger charge is 2.36. The molecule has 0 spiro atoms. The van der Waals surface area contributed by atoms with Crippen molar-refractivity contribution in [2.75, 3.05) is 26.2 Å². The number of nitrogens with zero attached hydrogens (tertiary/aromatic N) is 1. The fraction of sp³-hybridized carbons (Fsp3) is 0.667. The smallest absolute Gasteiger partial charge is 0.0377 e. The molecule has 1 aliphatic heterocycles. The summed E-state index contributed by atoms with van der Waals surface area (Å²) in [5.41, 5.74) is 3.03. The van der Waals surface area contributed by atoms with Crippen LogP contribution in [0.25, 0.3) is 0 Å². The van der Waals surface area contributed by atoms with Crippen LogP contribution in [0.5, 0.6) is 0 Å². The summed E-state index contributed by atoms with van der Waals surface area (Å²) in [4.78, 5) is 2.70. The molecule has 1 heterocycles. The first-order chi connectivity index (χ1) is 9.79. The van der Waals surface area contributed by atoms with E-state index < -0.39 is 0 Å². The molecule has 1 aromatic rings. The van der Waals surface area contributed by atoms with E-state index in [1.807, 2.05) is 0 Å². The van der Waals surface area contributed by atoms with Crippen LogP contribution in [0, 0.1) is 5.92 Å². The predicted molar refractivity (Wildman–Crippen MR) is 85.1 cm³/mol. The molecule has 0 amide bonds. The van der Waals surface area contributed by atoms with Gasteiger partial charge in [-0.2, -0.15) is 0 Å². The van der Waals surface area contributed by atoms with Gasteiger partial charge in [0.1, 0.15) is 0 Å². The SMILES string of the molecule is CCC(C)c1ccc(C(C2CC2)N2CCNCC2)cc1. The van der Waals surface area contributed by atoms with E-state index in [0.29, 0.717) is 12.0 Å². The van der Waals surface area contributed by atoms with Gasteiger partial charge in [0.05, 0.1) is 0 Å². The van der Waals surface area contributed by atoms with E-state index in [2.05, 4.69) is 48.3 Å². The molecule has 1 saturated heterocycles.